The van der Waals surface area contributed by atoms with Crippen molar-refractivity contribution >= 4 is 11.9 Å². The van der Waals surface area contributed by atoms with Crippen LogP contribution in [-0.2, 0) is 15.8 Å². The van der Waals surface area contributed by atoms with Crippen LogP contribution in [0.5, 0.6) is 5.75 Å². The maximum absolute atomic E-state index is 12.9. The molecule has 1 atom stereocenters. The third-order valence-corrected chi connectivity index (χ3v) is 3.06. The molecule has 1 rings (SSSR count). The first-order valence-electron chi connectivity index (χ1n) is 6.89. The Labute approximate surface area is 131 Å². The molecular formula is C15H18F3NO4. The molecule has 0 aliphatic heterocycles. The second-order valence-corrected chi connectivity index (χ2v) is 5.21. The lowest BCUT2D eigenvalue weighted by Crippen LogP contribution is -2.46. The molecule has 1 aromatic rings. The average Bonchev–Trinajstić information content (AvgIpc) is 2.43. The number of carboxylic acids is 1. The first-order chi connectivity index (χ1) is 10.5. The highest BCUT2D eigenvalue weighted by Crippen LogP contribution is 2.36. The number of nitrogens with zero attached hydrogens (tertiary/aromatic N) is 1. The lowest BCUT2D eigenvalue weighted by Gasteiger charge is -2.28. The third-order valence-electron chi connectivity index (χ3n) is 3.06. The van der Waals surface area contributed by atoms with E-state index in [0.717, 1.165) is 17.0 Å². The number of rotatable bonds is 6. The lowest BCUT2D eigenvalue weighted by molar-refractivity contribution is -0.150. The zero-order valence-corrected chi connectivity index (χ0v) is 12.9. The summed E-state index contributed by atoms with van der Waals surface area (Å²) in [5.74, 6) is -2.38. The van der Waals surface area contributed by atoms with Crippen LogP contribution in [-0.4, -0.2) is 40.6 Å². The van der Waals surface area contributed by atoms with Crippen molar-refractivity contribution in [2.45, 2.75) is 39.1 Å². The van der Waals surface area contributed by atoms with Gasteiger partial charge in [0.1, 0.15) is 12.3 Å². The molecule has 1 aromatic carbocycles. The molecule has 0 radical (unpaired) electrons. The highest BCUT2D eigenvalue weighted by atomic mass is 19.4. The van der Waals surface area contributed by atoms with E-state index in [0.29, 0.717) is 0 Å². The van der Waals surface area contributed by atoms with E-state index in [-0.39, 0.29) is 0 Å². The van der Waals surface area contributed by atoms with Crippen LogP contribution in [0.1, 0.15) is 26.3 Å². The van der Waals surface area contributed by atoms with Gasteiger partial charge in [0, 0.05) is 6.04 Å². The van der Waals surface area contributed by atoms with Gasteiger partial charge in [0.15, 0.2) is 6.10 Å². The molecule has 0 saturated carbocycles. The fourth-order valence-corrected chi connectivity index (χ4v) is 1.94. The quantitative estimate of drug-likeness (QED) is 0.869. The lowest BCUT2D eigenvalue weighted by atomic mass is 10.2. The van der Waals surface area contributed by atoms with Crippen molar-refractivity contribution in [2.75, 3.05) is 6.54 Å². The predicted octanol–water partition coefficient (Wildman–Crippen LogP) is 2.79. The number of carbonyl (C=O) groups excluding carboxylic acids is 1. The number of amides is 1. The Bertz CT molecular complexity index is 572. The molecule has 0 aromatic heterocycles. The van der Waals surface area contributed by atoms with Crippen molar-refractivity contribution < 1.29 is 32.6 Å². The Morgan fingerprint density at radius 3 is 2.26 bits per heavy atom. The van der Waals surface area contributed by atoms with E-state index in [9.17, 15) is 22.8 Å². The Morgan fingerprint density at radius 2 is 1.78 bits per heavy atom. The molecule has 1 N–H and O–H groups in total. The molecule has 1 amide bonds. The van der Waals surface area contributed by atoms with Crippen LogP contribution in [0.15, 0.2) is 24.3 Å². The van der Waals surface area contributed by atoms with Gasteiger partial charge in [0.05, 0.1) is 5.56 Å². The molecule has 0 spiro atoms. The summed E-state index contributed by atoms with van der Waals surface area (Å²) in [5.41, 5.74) is -0.992. The number of carbonyl (C=O) groups is 2. The van der Waals surface area contributed by atoms with Gasteiger partial charge < -0.3 is 14.7 Å². The molecule has 0 bridgehead atoms. The van der Waals surface area contributed by atoms with Crippen molar-refractivity contribution in [3.8, 4) is 5.75 Å². The second-order valence-electron chi connectivity index (χ2n) is 5.21. The second kappa shape index (κ2) is 7.34. The van der Waals surface area contributed by atoms with E-state index in [1.54, 1.807) is 13.8 Å². The van der Waals surface area contributed by atoms with E-state index in [2.05, 4.69) is 0 Å². The molecule has 23 heavy (non-hydrogen) atoms. The maximum atomic E-state index is 12.9. The van der Waals surface area contributed by atoms with Gasteiger partial charge in [-0.15, -0.1) is 0 Å². The van der Waals surface area contributed by atoms with E-state index in [1.165, 1.54) is 19.1 Å². The summed E-state index contributed by atoms with van der Waals surface area (Å²) in [6, 6.07) is 4.11. The van der Waals surface area contributed by atoms with Gasteiger partial charge in [-0.25, -0.2) is 0 Å². The van der Waals surface area contributed by atoms with Crippen LogP contribution < -0.4 is 4.74 Å². The first-order valence-corrected chi connectivity index (χ1v) is 6.89. The third kappa shape index (κ3) is 5.15. The zero-order valence-electron chi connectivity index (χ0n) is 12.9. The molecule has 0 saturated heterocycles. The molecule has 0 aliphatic rings. The smallest absolute Gasteiger partial charge is 0.419 e. The maximum Gasteiger partial charge on any atom is 0.419 e. The van der Waals surface area contributed by atoms with Crippen LogP contribution in [0, 0.1) is 0 Å². The monoisotopic (exact) mass is 333 g/mol. The van der Waals surface area contributed by atoms with Crippen molar-refractivity contribution in [1.82, 2.24) is 4.90 Å². The minimum Gasteiger partial charge on any atom is -0.480 e. The number of carboxylic acid groups (broad SMARTS) is 1. The van der Waals surface area contributed by atoms with Crippen LogP contribution in [0.4, 0.5) is 13.2 Å². The average molecular weight is 333 g/mol. The van der Waals surface area contributed by atoms with Gasteiger partial charge in [-0.1, -0.05) is 12.1 Å². The summed E-state index contributed by atoms with van der Waals surface area (Å²) in [6.45, 7) is 3.95. The molecule has 5 nitrogen and oxygen atoms in total. The fraction of sp³-hybridized carbons (Fsp3) is 0.467. The highest BCUT2D eigenvalue weighted by molar-refractivity contribution is 5.84. The first kappa shape index (κ1) is 18.8. The van der Waals surface area contributed by atoms with Gasteiger partial charge in [-0.05, 0) is 32.9 Å². The Hall–Kier alpha value is -2.25. The van der Waals surface area contributed by atoms with Crippen molar-refractivity contribution in [3.05, 3.63) is 29.8 Å². The minimum atomic E-state index is -4.61. The molecule has 1 unspecified atom stereocenters. The number of ether oxygens (including phenoxy) is 1. The molecular weight excluding hydrogens is 315 g/mol. The van der Waals surface area contributed by atoms with Crippen LogP contribution in [0.25, 0.3) is 0 Å². The van der Waals surface area contributed by atoms with E-state index in [1.807, 2.05) is 0 Å². The number of benzene rings is 1. The van der Waals surface area contributed by atoms with Gasteiger partial charge in [0.25, 0.3) is 5.91 Å². The van der Waals surface area contributed by atoms with Gasteiger partial charge in [-0.2, -0.15) is 13.2 Å². The van der Waals surface area contributed by atoms with Crippen molar-refractivity contribution in [2.24, 2.45) is 0 Å². The zero-order chi connectivity index (χ0) is 17.8. The summed E-state index contributed by atoms with van der Waals surface area (Å²) >= 11 is 0. The van der Waals surface area contributed by atoms with E-state index in [4.69, 9.17) is 9.84 Å². The Balaban J connectivity index is 2.97. The van der Waals surface area contributed by atoms with Gasteiger partial charge in [0.2, 0.25) is 0 Å². The van der Waals surface area contributed by atoms with E-state index >= 15 is 0 Å². The summed E-state index contributed by atoms with van der Waals surface area (Å²) in [6.07, 6.45) is -5.86. The predicted molar refractivity (Wildman–Crippen MR) is 76.0 cm³/mol. The number of alkyl halides is 3. The van der Waals surface area contributed by atoms with Crippen LogP contribution >= 0.6 is 0 Å². The minimum absolute atomic E-state index is 0.428. The summed E-state index contributed by atoms with van der Waals surface area (Å²) < 4.78 is 43.9. The van der Waals surface area contributed by atoms with Crippen LogP contribution in [0.2, 0.25) is 0 Å². The molecule has 8 heteroatoms. The molecule has 128 valence electrons. The largest absolute Gasteiger partial charge is 0.480 e. The molecule has 0 aliphatic carbocycles. The van der Waals surface area contributed by atoms with Crippen molar-refractivity contribution in [1.29, 1.82) is 0 Å². The fourth-order valence-electron chi connectivity index (χ4n) is 1.94. The Morgan fingerprint density at radius 1 is 1.22 bits per heavy atom. The Kier molecular flexibility index (Phi) is 6.00. The summed E-state index contributed by atoms with van der Waals surface area (Å²) in [4.78, 5) is 24.1. The standard InChI is InChI=1S/C15H18F3NO4/c1-9(2)19(8-13(20)21)14(22)10(3)23-12-7-5-4-6-11(12)15(16,17)18/h4-7,9-10H,8H2,1-3H3,(H,20,21). The number of para-hydroxylation sites is 1. The number of hydrogen-bond acceptors (Lipinski definition) is 3. The summed E-state index contributed by atoms with van der Waals surface area (Å²) in [7, 11) is 0. The van der Waals surface area contributed by atoms with E-state index < -0.39 is 48.1 Å². The SMILES string of the molecule is CC(Oc1ccccc1C(F)(F)F)C(=O)N(CC(=O)O)C(C)C. The highest BCUT2D eigenvalue weighted by Gasteiger charge is 2.35. The number of aliphatic carboxylic acids is 1. The van der Waals surface area contributed by atoms with Gasteiger partial charge >= 0.3 is 12.1 Å². The summed E-state index contributed by atoms with van der Waals surface area (Å²) in [5, 5.41) is 8.82. The van der Waals surface area contributed by atoms with Crippen LogP contribution in [0.3, 0.4) is 0 Å². The van der Waals surface area contributed by atoms with Gasteiger partial charge in [-0.3, -0.25) is 9.59 Å². The number of hydrogen-bond donors (Lipinski definition) is 1. The number of halogens is 3. The normalized spacial score (nSPS) is 12.8. The molecule has 0 fully saturated rings. The van der Waals surface area contributed by atoms with Crippen molar-refractivity contribution in [3.63, 3.8) is 0 Å². The topological polar surface area (TPSA) is 66.8 Å². The molecule has 0 heterocycles.